The van der Waals surface area contributed by atoms with Crippen LogP contribution in [0.2, 0.25) is 0 Å². The molecule has 0 aromatic carbocycles. The standard InChI is InChI=1S/C23H31N4O3P/c1-3-5-7-9-10-11-13-19-18-27(23(28)26-22(19)24)21-15-14-20(30-21)17-25-31-29-16-12-8-6-4-2/h1-2,18,20-21,25,31H,5-10,12,14-17H2,(H2,24,26,28)/t20-,21+/m0/s1. The molecule has 0 amide bonds. The van der Waals surface area contributed by atoms with Crippen LogP contribution in [-0.4, -0.2) is 28.8 Å². The first-order chi connectivity index (χ1) is 15.2. The predicted octanol–water partition coefficient (Wildman–Crippen LogP) is 2.97. The summed E-state index contributed by atoms with van der Waals surface area (Å²) in [5.41, 5.74) is 6.00. The Balaban J connectivity index is 1.80. The molecule has 1 aromatic rings. The molecule has 1 fully saturated rings. The molecule has 1 aliphatic rings. The molecule has 1 aromatic heterocycles. The molecule has 1 saturated heterocycles. The summed E-state index contributed by atoms with van der Waals surface area (Å²) < 4.78 is 13.1. The van der Waals surface area contributed by atoms with Gasteiger partial charge in [0.1, 0.15) is 12.0 Å². The van der Waals surface area contributed by atoms with E-state index < -0.39 is 5.69 Å². The molecule has 0 saturated carbocycles. The van der Waals surface area contributed by atoms with Crippen LogP contribution in [0, 0.1) is 36.5 Å². The largest absolute Gasteiger partial charge is 0.382 e. The molecule has 3 atom stereocenters. The number of hydrogen-bond acceptors (Lipinski definition) is 6. The number of nitrogens with zero attached hydrogens (tertiary/aromatic N) is 2. The lowest BCUT2D eigenvalue weighted by Gasteiger charge is -2.16. The number of terminal acetylenes is 2. The van der Waals surface area contributed by atoms with E-state index >= 15 is 0 Å². The summed E-state index contributed by atoms with van der Waals surface area (Å²) in [7, 11) is 0.214. The van der Waals surface area contributed by atoms with E-state index in [4.69, 9.17) is 27.8 Å². The second kappa shape index (κ2) is 14.6. The smallest absolute Gasteiger partial charge is 0.351 e. The van der Waals surface area contributed by atoms with Gasteiger partial charge in [0.05, 0.1) is 27.2 Å². The number of nitrogens with one attached hydrogen (secondary N) is 1. The van der Waals surface area contributed by atoms with Crippen LogP contribution in [0.15, 0.2) is 11.0 Å². The topological polar surface area (TPSA) is 91.4 Å². The Bertz CT molecular complexity index is 891. The first-order valence-electron chi connectivity index (χ1n) is 10.6. The van der Waals surface area contributed by atoms with Gasteiger partial charge in [0.2, 0.25) is 0 Å². The fourth-order valence-corrected chi connectivity index (χ4v) is 3.74. The molecule has 2 heterocycles. The molecular formula is C23H31N4O3P. The number of rotatable bonds is 12. The third-order valence-corrected chi connectivity index (χ3v) is 5.46. The van der Waals surface area contributed by atoms with E-state index in [1.807, 2.05) is 0 Å². The number of aromatic nitrogens is 2. The minimum absolute atomic E-state index is 0.0117. The fraction of sp³-hybridized carbons (Fsp3) is 0.565. The van der Waals surface area contributed by atoms with Crippen molar-refractivity contribution in [1.29, 1.82) is 0 Å². The van der Waals surface area contributed by atoms with E-state index in [1.54, 1.807) is 6.20 Å². The lowest BCUT2D eigenvalue weighted by atomic mass is 10.2. The van der Waals surface area contributed by atoms with Crippen molar-refractivity contribution in [2.24, 2.45) is 0 Å². The highest BCUT2D eigenvalue weighted by molar-refractivity contribution is 7.29. The zero-order chi connectivity index (χ0) is 22.3. The van der Waals surface area contributed by atoms with Gasteiger partial charge in [0.15, 0.2) is 0 Å². The van der Waals surface area contributed by atoms with Gasteiger partial charge in [-0.1, -0.05) is 11.8 Å². The van der Waals surface area contributed by atoms with Crippen LogP contribution in [0.3, 0.4) is 0 Å². The van der Waals surface area contributed by atoms with Crippen molar-refractivity contribution in [3.8, 4) is 36.5 Å². The van der Waals surface area contributed by atoms with Crippen LogP contribution >= 0.6 is 8.96 Å². The molecule has 0 aliphatic carbocycles. The average Bonchev–Trinajstić information content (AvgIpc) is 3.22. The second-order valence-corrected chi connectivity index (χ2v) is 8.07. The van der Waals surface area contributed by atoms with Crippen LogP contribution in [0.1, 0.15) is 69.6 Å². The summed E-state index contributed by atoms with van der Waals surface area (Å²) in [6.07, 6.45) is 19.4. The summed E-state index contributed by atoms with van der Waals surface area (Å²) >= 11 is 0. The van der Waals surface area contributed by atoms with E-state index in [9.17, 15) is 4.79 Å². The van der Waals surface area contributed by atoms with Crippen molar-refractivity contribution in [3.63, 3.8) is 0 Å². The lowest BCUT2D eigenvalue weighted by molar-refractivity contribution is 0.00214. The van der Waals surface area contributed by atoms with Crippen LogP contribution in [-0.2, 0) is 9.26 Å². The van der Waals surface area contributed by atoms with Crippen molar-refractivity contribution in [3.05, 3.63) is 22.2 Å². The monoisotopic (exact) mass is 442 g/mol. The van der Waals surface area contributed by atoms with Gasteiger partial charge in [-0.25, -0.2) is 4.79 Å². The van der Waals surface area contributed by atoms with Gasteiger partial charge >= 0.3 is 5.69 Å². The number of nitrogens with two attached hydrogens (primary N) is 1. The Morgan fingerprint density at radius 2 is 1.97 bits per heavy atom. The molecular weight excluding hydrogens is 411 g/mol. The first kappa shape index (κ1) is 24.9. The third kappa shape index (κ3) is 9.14. The Labute approximate surface area is 186 Å². The zero-order valence-corrected chi connectivity index (χ0v) is 18.9. The molecule has 1 aliphatic heterocycles. The fourth-order valence-electron chi connectivity index (χ4n) is 3.08. The number of anilines is 1. The van der Waals surface area contributed by atoms with Crippen LogP contribution in [0.4, 0.5) is 5.82 Å². The molecule has 2 rings (SSSR count). The molecule has 1 unspecified atom stereocenters. The van der Waals surface area contributed by atoms with Crippen LogP contribution < -0.4 is 16.5 Å². The maximum atomic E-state index is 12.3. The molecule has 0 radical (unpaired) electrons. The summed E-state index contributed by atoms with van der Waals surface area (Å²) in [6, 6.07) is 0. The predicted molar refractivity (Wildman–Crippen MR) is 125 cm³/mol. The highest BCUT2D eigenvalue weighted by atomic mass is 31.1. The molecule has 7 nitrogen and oxygen atoms in total. The summed E-state index contributed by atoms with van der Waals surface area (Å²) in [6.45, 7) is 1.36. The normalized spacial score (nSPS) is 17.9. The maximum Gasteiger partial charge on any atom is 0.351 e. The van der Waals surface area contributed by atoms with Gasteiger partial charge in [-0.15, -0.1) is 24.7 Å². The van der Waals surface area contributed by atoms with Gasteiger partial charge in [-0.3, -0.25) is 9.65 Å². The van der Waals surface area contributed by atoms with Crippen LogP contribution in [0.5, 0.6) is 0 Å². The van der Waals surface area contributed by atoms with E-state index in [1.165, 1.54) is 4.57 Å². The van der Waals surface area contributed by atoms with Gasteiger partial charge in [0, 0.05) is 32.0 Å². The van der Waals surface area contributed by atoms with E-state index in [0.717, 1.165) is 57.8 Å². The van der Waals surface area contributed by atoms with Gasteiger partial charge in [-0.2, -0.15) is 4.98 Å². The summed E-state index contributed by atoms with van der Waals surface area (Å²) in [5.74, 6) is 11.5. The minimum atomic E-state index is -0.423. The number of hydrogen-bond donors (Lipinski definition) is 2. The zero-order valence-electron chi connectivity index (χ0n) is 17.9. The second-order valence-electron chi connectivity index (χ2n) is 7.23. The number of nitrogen functional groups attached to an aromatic ring is 1. The van der Waals surface area contributed by atoms with E-state index in [-0.39, 0.29) is 27.1 Å². The van der Waals surface area contributed by atoms with Crippen LogP contribution in [0.25, 0.3) is 0 Å². The summed E-state index contributed by atoms with van der Waals surface area (Å²) in [4.78, 5) is 16.2. The highest BCUT2D eigenvalue weighted by Gasteiger charge is 2.27. The van der Waals surface area contributed by atoms with Crippen molar-refractivity contribution >= 4 is 14.8 Å². The Morgan fingerprint density at radius 1 is 1.23 bits per heavy atom. The highest BCUT2D eigenvalue weighted by Crippen LogP contribution is 2.27. The third-order valence-electron chi connectivity index (χ3n) is 4.76. The first-order valence-corrected chi connectivity index (χ1v) is 11.6. The minimum Gasteiger partial charge on any atom is -0.382 e. The van der Waals surface area contributed by atoms with Crippen molar-refractivity contribution in [1.82, 2.24) is 14.6 Å². The van der Waals surface area contributed by atoms with Gasteiger partial charge in [0.25, 0.3) is 0 Å². The lowest BCUT2D eigenvalue weighted by Crippen LogP contribution is -2.29. The number of unbranched alkanes of at least 4 members (excludes halogenated alkanes) is 5. The summed E-state index contributed by atoms with van der Waals surface area (Å²) in [5, 5.41) is 3.26. The molecule has 3 N–H and O–H groups in total. The molecule has 0 spiro atoms. The molecule has 8 heteroatoms. The number of ether oxygens (including phenoxy) is 1. The molecule has 166 valence electrons. The SMILES string of the molecule is C#CCCCCC#Cc1cn([C@H]2CC[C@@H](CNPOCCCCC#C)O2)c(=O)nc1N. The van der Waals surface area contributed by atoms with E-state index in [0.29, 0.717) is 18.7 Å². The van der Waals surface area contributed by atoms with Gasteiger partial charge < -0.3 is 15.0 Å². The quantitative estimate of drug-likeness (QED) is 0.294. The maximum absolute atomic E-state index is 12.3. The molecule has 0 bridgehead atoms. The van der Waals surface area contributed by atoms with Crippen molar-refractivity contribution in [2.75, 3.05) is 18.9 Å². The Hall–Kier alpha value is -2.33. The van der Waals surface area contributed by atoms with E-state index in [2.05, 4.69) is 33.8 Å². The Kier molecular flexibility index (Phi) is 11.8. The average molecular weight is 443 g/mol. The van der Waals surface area contributed by atoms with Gasteiger partial charge in [-0.05, 0) is 38.5 Å². The van der Waals surface area contributed by atoms with Crippen molar-refractivity contribution < 1.29 is 9.26 Å². The molecule has 31 heavy (non-hydrogen) atoms. The van der Waals surface area contributed by atoms with Crippen molar-refractivity contribution in [2.45, 2.75) is 70.1 Å². The Morgan fingerprint density at radius 3 is 2.74 bits per heavy atom.